The maximum atomic E-state index is 6.24. The van der Waals surface area contributed by atoms with E-state index in [1.165, 1.54) is 25.9 Å². The molecule has 0 radical (unpaired) electrons. The van der Waals surface area contributed by atoms with Crippen LogP contribution in [-0.4, -0.2) is 49.2 Å². The average Bonchev–Trinajstić information content (AvgIpc) is 2.97. The molecule has 1 aliphatic rings. The van der Waals surface area contributed by atoms with Crippen LogP contribution in [0.4, 0.5) is 5.82 Å². The van der Waals surface area contributed by atoms with Crippen LogP contribution < -0.4 is 10.2 Å². The number of halogens is 1. The maximum Gasteiger partial charge on any atom is 0.128 e. The number of rotatable bonds is 7. The summed E-state index contributed by atoms with van der Waals surface area (Å²) >= 11 is 6.24. The topological polar surface area (TPSA) is 31.4 Å². The molecule has 118 valence electrons. The number of nitrogens with zero attached hydrogens (tertiary/aromatic N) is 3. The highest BCUT2D eigenvalue weighted by molar-refractivity contribution is 6.31. The highest BCUT2D eigenvalue weighted by atomic mass is 35.5. The average molecular weight is 311 g/mol. The maximum absolute atomic E-state index is 6.24. The van der Waals surface area contributed by atoms with E-state index in [1.54, 1.807) is 6.20 Å². The second kappa shape index (κ2) is 7.97. The Bertz CT molecular complexity index is 444. The van der Waals surface area contributed by atoms with Crippen LogP contribution in [0.1, 0.15) is 32.3 Å². The Balaban J connectivity index is 1.92. The minimum Gasteiger partial charge on any atom is -0.358 e. The van der Waals surface area contributed by atoms with Gasteiger partial charge in [-0.15, -0.1) is 0 Å². The number of anilines is 1. The number of hydrogen-bond acceptors (Lipinski definition) is 4. The molecule has 21 heavy (non-hydrogen) atoms. The fraction of sp³-hybridized carbons (Fsp3) is 0.688. The standard InChI is InChI=1S/C16H27ClN4/c1-13(2)18-11-14-10-16(19-12-15(14)17)20(3)8-9-21-6-4-5-7-21/h10,12-13,18H,4-9,11H2,1-3H3. The summed E-state index contributed by atoms with van der Waals surface area (Å²) in [5.41, 5.74) is 1.11. The molecule has 1 N–H and O–H groups in total. The van der Waals surface area contributed by atoms with Gasteiger partial charge in [0.25, 0.3) is 0 Å². The van der Waals surface area contributed by atoms with Gasteiger partial charge in [-0.25, -0.2) is 4.98 Å². The van der Waals surface area contributed by atoms with Gasteiger partial charge in [0.2, 0.25) is 0 Å². The van der Waals surface area contributed by atoms with E-state index >= 15 is 0 Å². The van der Waals surface area contributed by atoms with Crippen molar-refractivity contribution < 1.29 is 0 Å². The lowest BCUT2D eigenvalue weighted by molar-refractivity contribution is 0.346. The molecule has 0 bridgehead atoms. The molecule has 1 aliphatic heterocycles. The van der Waals surface area contributed by atoms with Crippen LogP contribution in [0.15, 0.2) is 12.3 Å². The molecule has 5 heteroatoms. The van der Waals surface area contributed by atoms with E-state index in [-0.39, 0.29) is 0 Å². The largest absolute Gasteiger partial charge is 0.358 e. The first-order valence-corrected chi connectivity index (χ1v) is 8.25. The molecular formula is C16H27ClN4. The molecule has 1 saturated heterocycles. The normalized spacial score (nSPS) is 15.9. The van der Waals surface area contributed by atoms with Crippen molar-refractivity contribution in [1.82, 2.24) is 15.2 Å². The molecule has 4 nitrogen and oxygen atoms in total. The molecule has 0 saturated carbocycles. The number of hydrogen-bond donors (Lipinski definition) is 1. The molecule has 0 unspecified atom stereocenters. The lowest BCUT2D eigenvalue weighted by atomic mass is 10.2. The minimum atomic E-state index is 0.450. The zero-order valence-electron chi connectivity index (χ0n) is 13.4. The fourth-order valence-electron chi connectivity index (χ4n) is 2.54. The van der Waals surface area contributed by atoms with Gasteiger partial charge in [-0.05, 0) is 37.6 Å². The molecule has 2 rings (SSSR count). The molecule has 0 spiro atoms. The van der Waals surface area contributed by atoms with Crippen molar-refractivity contribution in [3.63, 3.8) is 0 Å². The summed E-state index contributed by atoms with van der Waals surface area (Å²) in [5, 5.41) is 4.14. The third kappa shape index (κ3) is 5.13. The van der Waals surface area contributed by atoms with E-state index in [9.17, 15) is 0 Å². The van der Waals surface area contributed by atoms with Gasteiger partial charge in [-0.2, -0.15) is 0 Å². The Labute approximate surface area is 133 Å². The quantitative estimate of drug-likeness (QED) is 0.839. The van der Waals surface area contributed by atoms with E-state index in [4.69, 9.17) is 11.6 Å². The van der Waals surface area contributed by atoms with Crippen molar-refractivity contribution in [1.29, 1.82) is 0 Å². The highest BCUT2D eigenvalue weighted by Gasteiger charge is 2.13. The first kappa shape index (κ1) is 16.5. The summed E-state index contributed by atoms with van der Waals surface area (Å²) in [7, 11) is 2.10. The van der Waals surface area contributed by atoms with Gasteiger partial charge in [0.05, 0.1) is 5.02 Å². The van der Waals surface area contributed by atoms with Gasteiger partial charge in [-0.3, -0.25) is 0 Å². The summed E-state index contributed by atoms with van der Waals surface area (Å²) in [6.45, 7) is 9.66. The van der Waals surface area contributed by atoms with Gasteiger partial charge in [-0.1, -0.05) is 25.4 Å². The Morgan fingerprint density at radius 3 is 2.76 bits per heavy atom. The summed E-state index contributed by atoms with van der Waals surface area (Å²) in [6, 6.07) is 2.55. The van der Waals surface area contributed by atoms with Crippen LogP contribution in [0.2, 0.25) is 5.02 Å². The Morgan fingerprint density at radius 2 is 2.10 bits per heavy atom. The van der Waals surface area contributed by atoms with Crippen LogP contribution in [0.3, 0.4) is 0 Å². The molecule has 0 amide bonds. The van der Waals surface area contributed by atoms with E-state index in [0.29, 0.717) is 6.04 Å². The molecule has 0 aromatic carbocycles. The number of likely N-dealkylation sites (N-methyl/N-ethyl adjacent to an activating group) is 1. The number of likely N-dealkylation sites (tertiary alicyclic amines) is 1. The number of pyridine rings is 1. The van der Waals surface area contributed by atoms with Crippen LogP contribution in [0, 0.1) is 0 Å². The number of nitrogens with one attached hydrogen (secondary N) is 1. The van der Waals surface area contributed by atoms with Crippen molar-refractivity contribution in [2.24, 2.45) is 0 Å². The third-order valence-corrected chi connectivity index (χ3v) is 4.30. The summed E-state index contributed by atoms with van der Waals surface area (Å²) < 4.78 is 0. The van der Waals surface area contributed by atoms with Crippen molar-refractivity contribution in [2.75, 3.05) is 38.1 Å². The second-order valence-electron chi connectivity index (χ2n) is 6.14. The van der Waals surface area contributed by atoms with Crippen LogP contribution >= 0.6 is 11.6 Å². The van der Waals surface area contributed by atoms with E-state index in [1.807, 2.05) is 0 Å². The zero-order valence-corrected chi connectivity index (χ0v) is 14.2. The first-order valence-electron chi connectivity index (χ1n) is 7.87. The second-order valence-corrected chi connectivity index (χ2v) is 6.55. The lowest BCUT2D eigenvalue weighted by Crippen LogP contribution is -2.32. The van der Waals surface area contributed by atoms with Crippen LogP contribution in [-0.2, 0) is 6.54 Å². The monoisotopic (exact) mass is 310 g/mol. The number of aromatic nitrogens is 1. The Hall–Kier alpha value is -0.840. The minimum absolute atomic E-state index is 0.450. The smallest absolute Gasteiger partial charge is 0.128 e. The highest BCUT2D eigenvalue weighted by Crippen LogP contribution is 2.20. The van der Waals surface area contributed by atoms with Crippen molar-refractivity contribution in [3.8, 4) is 0 Å². The molecule has 1 aromatic heterocycles. The molecule has 1 fully saturated rings. The summed E-state index contributed by atoms with van der Waals surface area (Å²) in [5.74, 6) is 0.999. The fourth-order valence-corrected chi connectivity index (χ4v) is 2.71. The summed E-state index contributed by atoms with van der Waals surface area (Å²) in [6.07, 6.45) is 4.45. The van der Waals surface area contributed by atoms with E-state index in [0.717, 1.165) is 36.0 Å². The van der Waals surface area contributed by atoms with Gasteiger partial charge < -0.3 is 15.1 Å². The lowest BCUT2D eigenvalue weighted by Gasteiger charge is -2.23. The zero-order chi connectivity index (χ0) is 15.2. The van der Waals surface area contributed by atoms with Gasteiger partial charge in [0.1, 0.15) is 5.82 Å². The molecule has 2 heterocycles. The Kier molecular flexibility index (Phi) is 6.27. The predicted molar refractivity (Wildman–Crippen MR) is 90.2 cm³/mol. The summed E-state index contributed by atoms with van der Waals surface area (Å²) in [4.78, 5) is 9.20. The van der Waals surface area contributed by atoms with Crippen LogP contribution in [0.5, 0.6) is 0 Å². The van der Waals surface area contributed by atoms with Crippen molar-refractivity contribution >= 4 is 17.4 Å². The molecular weight excluding hydrogens is 284 g/mol. The van der Waals surface area contributed by atoms with E-state index in [2.05, 4.69) is 47.1 Å². The first-order chi connectivity index (χ1) is 10.1. The van der Waals surface area contributed by atoms with Gasteiger partial charge >= 0.3 is 0 Å². The van der Waals surface area contributed by atoms with E-state index < -0.39 is 0 Å². The molecule has 1 aromatic rings. The third-order valence-electron chi connectivity index (χ3n) is 3.96. The van der Waals surface area contributed by atoms with Crippen molar-refractivity contribution in [3.05, 3.63) is 22.8 Å². The SMILES string of the molecule is CC(C)NCc1cc(N(C)CCN2CCCC2)ncc1Cl. The van der Waals surface area contributed by atoms with Gasteiger partial charge in [0.15, 0.2) is 0 Å². The van der Waals surface area contributed by atoms with Crippen molar-refractivity contribution in [2.45, 2.75) is 39.3 Å². The van der Waals surface area contributed by atoms with Gasteiger partial charge in [0, 0.05) is 38.9 Å². The molecule has 0 aliphatic carbocycles. The Morgan fingerprint density at radius 1 is 1.38 bits per heavy atom. The van der Waals surface area contributed by atoms with Crippen LogP contribution in [0.25, 0.3) is 0 Å². The molecule has 0 atom stereocenters. The predicted octanol–water partition coefficient (Wildman–Crippen LogP) is 2.77.